The van der Waals surface area contributed by atoms with Crippen LogP contribution in [0, 0.1) is 0 Å². The summed E-state index contributed by atoms with van der Waals surface area (Å²) in [5.41, 5.74) is 2.16. The van der Waals surface area contributed by atoms with Gasteiger partial charge in [0.05, 0.1) is 0 Å². The fraction of sp³-hybridized carbons (Fsp3) is 0.357. The van der Waals surface area contributed by atoms with Crippen molar-refractivity contribution in [1.82, 2.24) is 10.3 Å². The minimum absolute atomic E-state index is 0. The Hall–Kier alpha value is -0.510. The van der Waals surface area contributed by atoms with Crippen molar-refractivity contribution in [3.8, 4) is 0 Å². The van der Waals surface area contributed by atoms with Gasteiger partial charge in [0.15, 0.2) is 0 Å². The maximum atomic E-state index is 11.7. The number of para-hydroxylation sites is 1. The standard InChI is InChI=1S/C14H18N2O4S2.Na/c1-10(16-14(17)6-7-21-22(18,19)20)8-11-9-15-13-5-3-2-4-12(11)13;/h2-5,9-10,15H,6-8H2,1H3,(H,16,17)(H,18,19,20);/q;+1/p-1. The summed E-state index contributed by atoms with van der Waals surface area (Å²) >= 11 is 0. The average Bonchev–Trinajstić information content (AvgIpc) is 2.80. The summed E-state index contributed by atoms with van der Waals surface area (Å²) < 4.78 is 31.3. The van der Waals surface area contributed by atoms with Crippen LogP contribution in [-0.2, 0) is 20.4 Å². The molecule has 0 saturated heterocycles. The molecule has 1 amide bonds. The zero-order valence-electron chi connectivity index (χ0n) is 13.0. The summed E-state index contributed by atoms with van der Waals surface area (Å²) in [4.78, 5) is 14.9. The number of carbonyl (C=O) groups excluding carboxylic acids is 1. The molecular weight excluding hydrogens is 347 g/mol. The van der Waals surface area contributed by atoms with E-state index in [1.807, 2.05) is 37.4 Å². The number of benzene rings is 1. The van der Waals surface area contributed by atoms with Gasteiger partial charge in [-0.2, -0.15) is 0 Å². The van der Waals surface area contributed by atoms with Crippen molar-refractivity contribution < 1.29 is 47.3 Å². The Labute approximate surface area is 161 Å². The Kier molecular flexibility index (Phi) is 8.12. The maximum Gasteiger partial charge on any atom is 1.00 e. The van der Waals surface area contributed by atoms with Gasteiger partial charge in [-0.25, -0.2) is 8.42 Å². The Morgan fingerprint density at radius 2 is 2.09 bits per heavy atom. The average molecular weight is 364 g/mol. The second-order valence-electron chi connectivity index (χ2n) is 5.01. The van der Waals surface area contributed by atoms with Crippen molar-refractivity contribution in [3.05, 3.63) is 36.0 Å². The van der Waals surface area contributed by atoms with Gasteiger partial charge in [0.2, 0.25) is 5.91 Å². The van der Waals surface area contributed by atoms with E-state index in [9.17, 15) is 17.8 Å². The molecule has 2 aromatic rings. The molecule has 0 fully saturated rings. The molecule has 1 aromatic heterocycles. The third kappa shape index (κ3) is 6.86. The third-order valence-electron chi connectivity index (χ3n) is 3.17. The van der Waals surface area contributed by atoms with E-state index in [-0.39, 0.29) is 64.5 Å². The predicted octanol–water partition coefficient (Wildman–Crippen LogP) is -1.20. The number of carbonyl (C=O) groups is 1. The van der Waals surface area contributed by atoms with Crippen molar-refractivity contribution in [2.75, 3.05) is 5.75 Å². The number of hydrogen-bond acceptors (Lipinski definition) is 5. The Morgan fingerprint density at radius 3 is 2.78 bits per heavy atom. The first-order chi connectivity index (χ1) is 10.3. The van der Waals surface area contributed by atoms with E-state index in [1.54, 1.807) is 0 Å². The summed E-state index contributed by atoms with van der Waals surface area (Å²) in [5, 5.41) is 3.93. The van der Waals surface area contributed by atoms with E-state index in [2.05, 4.69) is 10.3 Å². The zero-order chi connectivity index (χ0) is 16.2. The van der Waals surface area contributed by atoms with Gasteiger partial charge in [-0.3, -0.25) is 4.79 Å². The van der Waals surface area contributed by atoms with E-state index >= 15 is 0 Å². The number of rotatable bonds is 7. The monoisotopic (exact) mass is 364 g/mol. The van der Waals surface area contributed by atoms with Gasteiger partial charge in [0.1, 0.15) is 9.15 Å². The normalized spacial score (nSPS) is 12.6. The molecular formula is C14H17N2NaO4S2. The first-order valence-electron chi connectivity index (χ1n) is 6.80. The van der Waals surface area contributed by atoms with Crippen LogP contribution in [0.3, 0.4) is 0 Å². The summed E-state index contributed by atoms with van der Waals surface area (Å²) in [7, 11) is -4.08. The van der Waals surface area contributed by atoms with E-state index < -0.39 is 9.15 Å². The first kappa shape index (κ1) is 20.5. The Balaban J connectivity index is 0.00000264. The molecule has 6 nitrogen and oxygen atoms in total. The quantitative estimate of drug-likeness (QED) is 0.365. The number of aromatic amines is 1. The Morgan fingerprint density at radius 1 is 1.39 bits per heavy atom. The molecule has 0 aliphatic rings. The van der Waals surface area contributed by atoms with Crippen molar-refractivity contribution in [2.24, 2.45) is 0 Å². The van der Waals surface area contributed by atoms with E-state index in [4.69, 9.17) is 0 Å². The molecule has 1 aromatic carbocycles. The van der Waals surface area contributed by atoms with E-state index in [1.165, 1.54) is 0 Å². The van der Waals surface area contributed by atoms with Crippen LogP contribution in [0.2, 0.25) is 0 Å². The van der Waals surface area contributed by atoms with E-state index in [0.717, 1.165) is 16.5 Å². The number of fused-ring (bicyclic) bond motifs is 1. The van der Waals surface area contributed by atoms with Gasteiger partial charge in [0, 0.05) is 35.3 Å². The van der Waals surface area contributed by atoms with Gasteiger partial charge in [-0.1, -0.05) is 18.2 Å². The molecule has 0 aliphatic carbocycles. The molecule has 0 radical (unpaired) electrons. The van der Waals surface area contributed by atoms with Crippen molar-refractivity contribution in [2.45, 2.75) is 25.8 Å². The van der Waals surface area contributed by atoms with Crippen LogP contribution >= 0.6 is 10.8 Å². The van der Waals surface area contributed by atoms with Crippen LogP contribution in [0.5, 0.6) is 0 Å². The molecule has 120 valence electrons. The number of amides is 1. The first-order valence-corrected chi connectivity index (χ1v) is 9.71. The second kappa shape index (κ2) is 9.10. The molecule has 2 rings (SSSR count). The minimum atomic E-state index is -4.33. The van der Waals surface area contributed by atoms with Crippen LogP contribution in [0.4, 0.5) is 0 Å². The molecule has 0 saturated carbocycles. The van der Waals surface area contributed by atoms with Crippen LogP contribution in [0.1, 0.15) is 18.9 Å². The maximum absolute atomic E-state index is 11.7. The minimum Gasteiger partial charge on any atom is -0.739 e. The number of hydrogen-bond donors (Lipinski definition) is 2. The summed E-state index contributed by atoms with van der Waals surface area (Å²) in [6.07, 6.45) is 2.60. The number of aromatic nitrogens is 1. The third-order valence-corrected chi connectivity index (χ3v) is 5.19. The molecule has 9 heteroatoms. The van der Waals surface area contributed by atoms with Gasteiger partial charge in [0.25, 0.3) is 0 Å². The van der Waals surface area contributed by atoms with Crippen LogP contribution in [-0.4, -0.2) is 35.7 Å². The van der Waals surface area contributed by atoms with Gasteiger partial charge in [-0.05, 0) is 35.8 Å². The molecule has 1 atom stereocenters. The number of H-pyrrole nitrogens is 1. The van der Waals surface area contributed by atoms with Crippen LogP contribution < -0.4 is 34.9 Å². The summed E-state index contributed by atoms with van der Waals surface area (Å²) in [6, 6.07) is 7.84. The fourth-order valence-electron chi connectivity index (χ4n) is 2.26. The van der Waals surface area contributed by atoms with Crippen molar-refractivity contribution in [1.29, 1.82) is 0 Å². The van der Waals surface area contributed by atoms with Crippen molar-refractivity contribution >= 4 is 36.8 Å². The molecule has 1 unspecified atom stereocenters. The van der Waals surface area contributed by atoms with Gasteiger partial charge >= 0.3 is 29.6 Å². The summed E-state index contributed by atoms with van der Waals surface area (Å²) in [6.45, 7) is 1.89. The van der Waals surface area contributed by atoms with Crippen LogP contribution in [0.15, 0.2) is 30.5 Å². The fourth-order valence-corrected chi connectivity index (χ4v) is 3.60. The predicted molar refractivity (Wildman–Crippen MR) is 86.4 cm³/mol. The largest absolute Gasteiger partial charge is 1.00 e. The smallest absolute Gasteiger partial charge is 0.739 e. The van der Waals surface area contributed by atoms with Gasteiger partial charge < -0.3 is 14.9 Å². The molecule has 23 heavy (non-hydrogen) atoms. The molecule has 2 N–H and O–H groups in total. The molecule has 0 spiro atoms. The number of nitrogens with one attached hydrogen (secondary N) is 2. The van der Waals surface area contributed by atoms with Gasteiger partial charge in [-0.15, -0.1) is 0 Å². The second-order valence-corrected chi connectivity index (χ2v) is 8.40. The molecule has 1 heterocycles. The molecule has 0 bridgehead atoms. The Bertz CT molecular complexity index is 761. The van der Waals surface area contributed by atoms with Crippen molar-refractivity contribution in [3.63, 3.8) is 0 Å². The topological polar surface area (TPSA) is 102 Å². The SMILES string of the molecule is CC(Cc1c[nH]c2ccccc12)NC(=O)CCSS(=O)(=O)[O-].[Na+]. The van der Waals surface area contributed by atoms with Crippen LogP contribution in [0.25, 0.3) is 10.9 Å². The zero-order valence-corrected chi connectivity index (χ0v) is 16.7. The van der Waals surface area contributed by atoms with E-state index in [0.29, 0.717) is 6.42 Å². The molecule has 0 aliphatic heterocycles. The summed E-state index contributed by atoms with van der Waals surface area (Å²) in [5.74, 6) is -0.291.